The minimum absolute atomic E-state index is 0.0713. The summed E-state index contributed by atoms with van der Waals surface area (Å²) in [6.07, 6.45) is 2.00. The molecule has 1 aromatic carbocycles. The maximum atomic E-state index is 11.7. The Morgan fingerprint density at radius 3 is 2.89 bits per heavy atom. The van der Waals surface area contributed by atoms with E-state index < -0.39 is 0 Å². The van der Waals surface area contributed by atoms with Gasteiger partial charge >= 0.3 is 6.03 Å². The minimum atomic E-state index is -0.0713. The molecule has 3 N–H and O–H groups in total. The normalized spacial score (nSPS) is 23.4. The molecule has 1 aliphatic heterocycles. The van der Waals surface area contributed by atoms with Crippen molar-refractivity contribution in [3.63, 3.8) is 0 Å². The van der Waals surface area contributed by atoms with E-state index in [1.54, 1.807) is 0 Å². The molecule has 2 rings (SSSR count). The Bertz CT molecular complexity index is 380. The number of piperidine rings is 1. The van der Waals surface area contributed by atoms with Crippen LogP contribution in [0.3, 0.4) is 0 Å². The minimum Gasteiger partial charge on any atom is -0.335 e. The van der Waals surface area contributed by atoms with Crippen LogP contribution in [0.1, 0.15) is 25.3 Å². The fourth-order valence-corrected chi connectivity index (χ4v) is 2.28. The Labute approximate surface area is 108 Å². The molecule has 1 heterocycles. The summed E-state index contributed by atoms with van der Waals surface area (Å²) in [5.41, 5.74) is 1.12. The standard InChI is InChI=1S/C14H21N3O/c1-11-9-13(7-8-15-11)17-14(18)16-10-12-5-3-2-4-6-12/h2-6,11,13,15H,7-10H2,1H3,(H2,16,17,18). The van der Waals surface area contributed by atoms with E-state index in [4.69, 9.17) is 0 Å². The smallest absolute Gasteiger partial charge is 0.315 e. The summed E-state index contributed by atoms with van der Waals surface area (Å²) < 4.78 is 0. The zero-order valence-electron chi connectivity index (χ0n) is 10.8. The number of urea groups is 1. The fourth-order valence-electron chi connectivity index (χ4n) is 2.28. The van der Waals surface area contributed by atoms with Gasteiger partial charge in [-0.25, -0.2) is 4.79 Å². The number of hydrogen-bond donors (Lipinski definition) is 3. The highest BCUT2D eigenvalue weighted by molar-refractivity contribution is 5.74. The second-order valence-corrected chi connectivity index (χ2v) is 4.89. The summed E-state index contributed by atoms with van der Waals surface area (Å²) in [4.78, 5) is 11.7. The van der Waals surface area contributed by atoms with Crippen LogP contribution in [0.15, 0.2) is 30.3 Å². The van der Waals surface area contributed by atoms with Crippen LogP contribution in [-0.4, -0.2) is 24.7 Å². The molecular formula is C14H21N3O. The Morgan fingerprint density at radius 1 is 1.39 bits per heavy atom. The van der Waals surface area contributed by atoms with Crippen LogP contribution in [0.4, 0.5) is 4.79 Å². The molecule has 0 bridgehead atoms. The Morgan fingerprint density at radius 2 is 2.17 bits per heavy atom. The highest BCUT2D eigenvalue weighted by atomic mass is 16.2. The van der Waals surface area contributed by atoms with E-state index in [1.165, 1.54) is 0 Å². The van der Waals surface area contributed by atoms with Crippen LogP contribution in [-0.2, 0) is 6.54 Å². The van der Waals surface area contributed by atoms with Crippen LogP contribution < -0.4 is 16.0 Å². The molecule has 0 saturated carbocycles. The molecular weight excluding hydrogens is 226 g/mol. The number of hydrogen-bond acceptors (Lipinski definition) is 2. The molecule has 1 aliphatic rings. The van der Waals surface area contributed by atoms with Crippen molar-refractivity contribution in [1.29, 1.82) is 0 Å². The van der Waals surface area contributed by atoms with E-state index in [0.717, 1.165) is 24.9 Å². The van der Waals surface area contributed by atoms with Crippen molar-refractivity contribution in [2.24, 2.45) is 0 Å². The summed E-state index contributed by atoms with van der Waals surface area (Å²) in [6.45, 7) is 3.70. The Kier molecular flexibility index (Phi) is 4.59. The van der Waals surface area contributed by atoms with Gasteiger partial charge in [-0.05, 0) is 31.9 Å². The van der Waals surface area contributed by atoms with Gasteiger partial charge < -0.3 is 16.0 Å². The number of carbonyl (C=O) groups is 1. The van der Waals surface area contributed by atoms with Crippen LogP contribution in [0.2, 0.25) is 0 Å². The number of rotatable bonds is 3. The van der Waals surface area contributed by atoms with Crippen molar-refractivity contribution < 1.29 is 4.79 Å². The van der Waals surface area contributed by atoms with Gasteiger partial charge in [0.05, 0.1) is 0 Å². The molecule has 0 spiro atoms. The number of amides is 2. The molecule has 1 saturated heterocycles. The maximum Gasteiger partial charge on any atom is 0.315 e. The van der Waals surface area contributed by atoms with E-state index in [0.29, 0.717) is 12.6 Å². The van der Waals surface area contributed by atoms with Gasteiger partial charge in [-0.15, -0.1) is 0 Å². The average Bonchev–Trinajstić information content (AvgIpc) is 2.38. The largest absolute Gasteiger partial charge is 0.335 e. The van der Waals surface area contributed by atoms with Crippen LogP contribution in [0.25, 0.3) is 0 Å². The van der Waals surface area contributed by atoms with E-state index in [2.05, 4.69) is 22.9 Å². The molecule has 0 aliphatic carbocycles. The zero-order chi connectivity index (χ0) is 12.8. The van der Waals surface area contributed by atoms with Crippen LogP contribution in [0, 0.1) is 0 Å². The average molecular weight is 247 g/mol. The first-order valence-electron chi connectivity index (χ1n) is 6.55. The molecule has 2 amide bonds. The second kappa shape index (κ2) is 6.40. The van der Waals surface area contributed by atoms with Crippen LogP contribution in [0.5, 0.6) is 0 Å². The van der Waals surface area contributed by atoms with Gasteiger partial charge in [0.25, 0.3) is 0 Å². The number of nitrogens with one attached hydrogen (secondary N) is 3. The quantitative estimate of drug-likeness (QED) is 0.760. The summed E-state index contributed by atoms with van der Waals surface area (Å²) in [6, 6.07) is 10.6. The predicted octanol–water partition coefficient (Wildman–Crippen LogP) is 1.63. The number of benzene rings is 1. The molecule has 2 atom stereocenters. The number of carbonyl (C=O) groups excluding carboxylic acids is 1. The van der Waals surface area contributed by atoms with Crippen molar-refractivity contribution in [3.05, 3.63) is 35.9 Å². The molecule has 98 valence electrons. The van der Waals surface area contributed by atoms with Crippen molar-refractivity contribution in [2.45, 2.75) is 38.4 Å². The van der Waals surface area contributed by atoms with Crippen molar-refractivity contribution in [1.82, 2.24) is 16.0 Å². The summed E-state index contributed by atoms with van der Waals surface area (Å²) in [5, 5.41) is 9.29. The Hall–Kier alpha value is -1.55. The third-order valence-electron chi connectivity index (χ3n) is 3.25. The van der Waals surface area contributed by atoms with Gasteiger partial charge in [-0.2, -0.15) is 0 Å². The highest BCUT2D eigenvalue weighted by Crippen LogP contribution is 2.07. The van der Waals surface area contributed by atoms with Gasteiger partial charge in [0.15, 0.2) is 0 Å². The Balaban J connectivity index is 1.72. The molecule has 0 radical (unpaired) electrons. The first-order valence-corrected chi connectivity index (χ1v) is 6.55. The summed E-state index contributed by atoms with van der Waals surface area (Å²) in [5.74, 6) is 0. The van der Waals surface area contributed by atoms with Crippen molar-refractivity contribution >= 4 is 6.03 Å². The highest BCUT2D eigenvalue weighted by Gasteiger charge is 2.19. The van der Waals surface area contributed by atoms with Gasteiger partial charge in [-0.1, -0.05) is 30.3 Å². The zero-order valence-corrected chi connectivity index (χ0v) is 10.8. The lowest BCUT2D eigenvalue weighted by molar-refractivity contribution is 0.230. The molecule has 4 nitrogen and oxygen atoms in total. The molecule has 18 heavy (non-hydrogen) atoms. The van der Waals surface area contributed by atoms with Gasteiger partial charge in [0.2, 0.25) is 0 Å². The van der Waals surface area contributed by atoms with Gasteiger partial charge in [-0.3, -0.25) is 0 Å². The van der Waals surface area contributed by atoms with Crippen molar-refractivity contribution in [3.8, 4) is 0 Å². The van der Waals surface area contributed by atoms with Gasteiger partial charge in [0.1, 0.15) is 0 Å². The van der Waals surface area contributed by atoms with Crippen LogP contribution >= 0.6 is 0 Å². The van der Waals surface area contributed by atoms with Gasteiger partial charge in [0, 0.05) is 18.6 Å². The SMILES string of the molecule is CC1CC(NC(=O)NCc2ccccc2)CCN1. The second-order valence-electron chi connectivity index (χ2n) is 4.89. The lowest BCUT2D eigenvalue weighted by Crippen LogP contribution is -2.49. The lowest BCUT2D eigenvalue weighted by atomic mass is 10.0. The molecule has 4 heteroatoms. The third-order valence-corrected chi connectivity index (χ3v) is 3.25. The summed E-state index contributed by atoms with van der Waals surface area (Å²) >= 11 is 0. The van der Waals surface area contributed by atoms with E-state index in [-0.39, 0.29) is 12.1 Å². The third kappa shape index (κ3) is 4.04. The van der Waals surface area contributed by atoms with E-state index in [9.17, 15) is 4.79 Å². The monoisotopic (exact) mass is 247 g/mol. The lowest BCUT2D eigenvalue weighted by Gasteiger charge is -2.28. The van der Waals surface area contributed by atoms with Crippen molar-refractivity contribution in [2.75, 3.05) is 6.54 Å². The maximum absolute atomic E-state index is 11.7. The predicted molar refractivity (Wildman–Crippen MR) is 72.3 cm³/mol. The first kappa shape index (κ1) is 12.9. The summed E-state index contributed by atoms with van der Waals surface area (Å²) in [7, 11) is 0. The van der Waals surface area contributed by atoms with E-state index in [1.807, 2.05) is 30.3 Å². The topological polar surface area (TPSA) is 53.2 Å². The fraction of sp³-hybridized carbons (Fsp3) is 0.500. The molecule has 1 aromatic rings. The van der Waals surface area contributed by atoms with E-state index >= 15 is 0 Å². The molecule has 2 unspecified atom stereocenters. The first-order chi connectivity index (χ1) is 8.74. The molecule has 1 fully saturated rings. The molecule has 0 aromatic heterocycles.